The molecule has 5 heteroatoms. The second kappa shape index (κ2) is 10.9. The fourth-order valence-electron chi connectivity index (χ4n) is 3.66. The quantitative estimate of drug-likeness (QED) is 0.678. The van der Waals surface area contributed by atoms with Crippen molar-refractivity contribution in [2.75, 3.05) is 6.54 Å². The van der Waals surface area contributed by atoms with E-state index in [-0.39, 0.29) is 18.1 Å². The monoisotopic (exact) mass is 380 g/mol. The normalized spacial score (nSPS) is 17.9. The van der Waals surface area contributed by atoms with Gasteiger partial charge in [0.1, 0.15) is 0 Å². The van der Waals surface area contributed by atoms with E-state index in [1.165, 1.54) is 32.1 Å². The molecule has 1 aromatic rings. The first-order chi connectivity index (χ1) is 12.5. The third-order valence-electron chi connectivity index (χ3n) is 5.02. The number of rotatable bonds is 9. The highest BCUT2D eigenvalue weighted by Crippen LogP contribution is 2.28. The lowest BCUT2D eigenvalue weighted by Crippen LogP contribution is -2.50. The van der Waals surface area contributed by atoms with Crippen molar-refractivity contribution in [3.63, 3.8) is 0 Å². The Morgan fingerprint density at radius 2 is 1.88 bits per heavy atom. The number of carbonyl (C=O) groups is 1. The molecule has 1 aliphatic carbocycles. The molecule has 0 bridgehead atoms. The van der Waals surface area contributed by atoms with Gasteiger partial charge in [0.05, 0.1) is 6.10 Å². The summed E-state index contributed by atoms with van der Waals surface area (Å²) < 4.78 is 5.88. The van der Waals surface area contributed by atoms with Crippen molar-refractivity contribution in [2.45, 2.75) is 77.0 Å². The van der Waals surface area contributed by atoms with Crippen molar-refractivity contribution in [3.05, 3.63) is 34.9 Å². The lowest BCUT2D eigenvalue weighted by atomic mass is 9.84. The summed E-state index contributed by atoms with van der Waals surface area (Å²) in [7, 11) is 0. The average molecular weight is 381 g/mol. The number of hydrogen-bond donors (Lipinski definition) is 2. The molecule has 2 rings (SSSR count). The Morgan fingerprint density at radius 1 is 1.23 bits per heavy atom. The van der Waals surface area contributed by atoms with E-state index in [1.807, 2.05) is 38.1 Å². The van der Waals surface area contributed by atoms with Gasteiger partial charge in [-0.25, -0.2) is 0 Å². The zero-order valence-corrected chi connectivity index (χ0v) is 16.8. The molecule has 26 heavy (non-hydrogen) atoms. The van der Waals surface area contributed by atoms with E-state index >= 15 is 0 Å². The summed E-state index contributed by atoms with van der Waals surface area (Å²) in [5, 5.41) is 3.71. The Labute approximate surface area is 162 Å². The molecule has 0 aromatic heterocycles. The van der Waals surface area contributed by atoms with Gasteiger partial charge < -0.3 is 15.8 Å². The maximum Gasteiger partial charge on any atom is 0.250 e. The number of halogens is 1. The molecule has 1 fully saturated rings. The first-order valence-corrected chi connectivity index (χ1v) is 10.3. The summed E-state index contributed by atoms with van der Waals surface area (Å²) in [5.41, 5.74) is 7.54. The molecular formula is C21H33ClN2O2. The van der Waals surface area contributed by atoms with Crippen LogP contribution < -0.4 is 11.1 Å². The highest BCUT2D eigenvalue weighted by atomic mass is 35.5. The number of carbonyl (C=O) groups excluding carboxylic acids is 1. The minimum atomic E-state index is -0.581. The number of nitrogens with one attached hydrogen (secondary N) is 1. The highest BCUT2D eigenvalue weighted by Gasteiger charge is 2.29. The topological polar surface area (TPSA) is 64.3 Å². The van der Waals surface area contributed by atoms with Crippen LogP contribution in [-0.2, 0) is 16.0 Å². The van der Waals surface area contributed by atoms with Crippen LogP contribution in [0.2, 0.25) is 5.02 Å². The summed E-state index contributed by atoms with van der Waals surface area (Å²) in [5.74, 6) is 0.523. The van der Waals surface area contributed by atoms with E-state index in [1.54, 1.807) is 0 Å². The Bertz CT molecular complexity index is 541. The largest absolute Gasteiger partial charge is 0.364 e. The molecule has 1 unspecified atom stereocenters. The van der Waals surface area contributed by atoms with Crippen LogP contribution in [0.4, 0.5) is 0 Å². The number of nitrogens with two attached hydrogens (primary N) is 1. The van der Waals surface area contributed by atoms with Crippen LogP contribution in [-0.4, -0.2) is 30.7 Å². The molecule has 0 spiro atoms. The van der Waals surface area contributed by atoms with Gasteiger partial charge >= 0.3 is 0 Å². The lowest BCUT2D eigenvalue weighted by Gasteiger charge is -2.30. The summed E-state index contributed by atoms with van der Waals surface area (Å²) in [6.45, 7) is 4.46. The summed E-state index contributed by atoms with van der Waals surface area (Å²) >= 11 is 5.90. The van der Waals surface area contributed by atoms with Crippen LogP contribution in [0.5, 0.6) is 0 Å². The number of hydrogen-bond acceptors (Lipinski definition) is 3. The second-order valence-electron chi connectivity index (χ2n) is 7.68. The molecule has 0 saturated heterocycles. The van der Waals surface area contributed by atoms with Gasteiger partial charge in [-0.3, -0.25) is 4.79 Å². The predicted octanol–water partition coefficient (Wildman–Crippen LogP) is 4.09. The Morgan fingerprint density at radius 3 is 2.50 bits per heavy atom. The molecule has 4 nitrogen and oxygen atoms in total. The van der Waals surface area contributed by atoms with Crippen molar-refractivity contribution in [3.8, 4) is 0 Å². The van der Waals surface area contributed by atoms with E-state index < -0.39 is 6.10 Å². The number of ether oxygens (including phenoxy) is 1. The molecule has 146 valence electrons. The smallest absolute Gasteiger partial charge is 0.250 e. The van der Waals surface area contributed by atoms with Crippen LogP contribution in [0, 0.1) is 5.92 Å². The van der Waals surface area contributed by atoms with E-state index in [2.05, 4.69) is 5.32 Å². The van der Waals surface area contributed by atoms with E-state index in [4.69, 9.17) is 22.1 Å². The van der Waals surface area contributed by atoms with Gasteiger partial charge in [-0.2, -0.15) is 0 Å². The standard InChI is InChI=1S/C21H33ClN2O2/c1-15(2)26-20(19(23)14-17-6-4-3-5-7-17)21(25)24-13-12-16-8-10-18(22)11-9-16/h8-11,15,17,19-20H,3-7,12-14,23H2,1-2H3,(H,24,25)/t19-,20?/m1/s1. The SMILES string of the molecule is CC(C)OC(C(=O)NCCc1ccc(Cl)cc1)[C@H](N)CC1CCCCC1. The van der Waals surface area contributed by atoms with Crippen LogP contribution in [0.1, 0.15) is 57.9 Å². The second-order valence-corrected chi connectivity index (χ2v) is 8.11. The zero-order valence-electron chi connectivity index (χ0n) is 16.0. The van der Waals surface area contributed by atoms with Crippen molar-refractivity contribution in [1.82, 2.24) is 5.32 Å². The molecule has 0 aliphatic heterocycles. The van der Waals surface area contributed by atoms with Crippen LogP contribution >= 0.6 is 11.6 Å². The fourth-order valence-corrected chi connectivity index (χ4v) is 3.79. The van der Waals surface area contributed by atoms with Crippen molar-refractivity contribution < 1.29 is 9.53 Å². The third kappa shape index (κ3) is 7.26. The van der Waals surface area contributed by atoms with Gasteiger partial charge in [0.25, 0.3) is 5.91 Å². The van der Waals surface area contributed by atoms with E-state index in [0.717, 1.165) is 23.4 Å². The molecule has 1 amide bonds. The van der Waals surface area contributed by atoms with Gasteiger partial charge in [0, 0.05) is 17.6 Å². The summed E-state index contributed by atoms with van der Waals surface area (Å²) in [6, 6.07) is 7.43. The van der Waals surface area contributed by atoms with Crippen molar-refractivity contribution >= 4 is 17.5 Å². The van der Waals surface area contributed by atoms with Crippen molar-refractivity contribution in [2.24, 2.45) is 11.7 Å². The molecule has 0 radical (unpaired) electrons. The first-order valence-electron chi connectivity index (χ1n) is 9.89. The average Bonchev–Trinajstić information content (AvgIpc) is 2.62. The van der Waals surface area contributed by atoms with Crippen LogP contribution in [0.15, 0.2) is 24.3 Å². The maximum atomic E-state index is 12.7. The lowest BCUT2D eigenvalue weighted by molar-refractivity contribution is -0.137. The maximum absolute atomic E-state index is 12.7. The molecule has 1 aliphatic rings. The Hall–Kier alpha value is -1.10. The van der Waals surface area contributed by atoms with E-state index in [9.17, 15) is 4.79 Å². The van der Waals surface area contributed by atoms with Crippen molar-refractivity contribution in [1.29, 1.82) is 0 Å². The number of amides is 1. The third-order valence-corrected chi connectivity index (χ3v) is 5.27. The minimum absolute atomic E-state index is 0.0283. The van der Waals surface area contributed by atoms with Gasteiger partial charge in [0.2, 0.25) is 0 Å². The molecular weight excluding hydrogens is 348 g/mol. The van der Waals surface area contributed by atoms with Crippen LogP contribution in [0.3, 0.4) is 0 Å². The summed E-state index contributed by atoms with van der Waals surface area (Å²) in [4.78, 5) is 12.7. The fraction of sp³-hybridized carbons (Fsp3) is 0.667. The van der Waals surface area contributed by atoms with Crippen LogP contribution in [0.25, 0.3) is 0 Å². The number of benzene rings is 1. The molecule has 0 heterocycles. The highest BCUT2D eigenvalue weighted by molar-refractivity contribution is 6.30. The predicted molar refractivity (Wildman–Crippen MR) is 107 cm³/mol. The molecule has 1 saturated carbocycles. The Kier molecular flexibility index (Phi) is 8.89. The van der Waals surface area contributed by atoms with Gasteiger partial charge in [-0.15, -0.1) is 0 Å². The minimum Gasteiger partial charge on any atom is -0.364 e. The zero-order chi connectivity index (χ0) is 18.9. The van der Waals surface area contributed by atoms with Gasteiger partial charge in [-0.1, -0.05) is 55.8 Å². The summed E-state index contributed by atoms with van der Waals surface area (Å²) in [6.07, 6.45) is 7.34. The molecule has 2 atom stereocenters. The Balaban J connectivity index is 1.85. The first kappa shape index (κ1) is 21.2. The molecule has 3 N–H and O–H groups in total. The van der Waals surface area contributed by atoms with Gasteiger partial charge in [-0.05, 0) is 50.3 Å². The van der Waals surface area contributed by atoms with E-state index in [0.29, 0.717) is 12.5 Å². The van der Waals surface area contributed by atoms with Gasteiger partial charge in [0.15, 0.2) is 6.10 Å². The molecule has 1 aromatic carbocycles.